The van der Waals surface area contributed by atoms with Crippen molar-refractivity contribution in [3.05, 3.63) is 35.9 Å². The second kappa shape index (κ2) is 8.28. The molecule has 1 unspecified atom stereocenters. The Morgan fingerprint density at radius 3 is 2.28 bits per heavy atom. The van der Waals surface area contributed by atoms with E-state index in [2.05, 4.69) is 26.1 Å². The summed E-state index contributed by atoms with van der Waals surface area (Å²) >= 11 is 0. The van der Waals surface area contributed by atoms with Crippen molar-refractivity contribution in [2.75, 3.05) is 6.54 Å². The van der Waals surface area contributed by atoms with E-state index in [1.54, 1.807) is 0 Å². The first kappa shape index (κ1) is 15.2. The Balaban J connectivity index is 2.17. The highest BCUT2D eigenvalue weighted by Gasteiger charge is 2.08. The number of hydrogen-bond acceptors (Lipinski definition) is 2. The first-order valence-electron chi connectivity index (χ1n) is 7.06. The molecule has 0 aliphatic heterocycles. The minimum atomic E-state index is -0.351. The highest BCUT2D eigenvalue weighted by atomic mass is 16.3. The fraction of sp³-hybridized carbons (Fsp3) is 0.625. The highest BCUT2D eigenvalue weighted by Crippen LogP contribution is 2.15. The van der Waals surface area contributed by atoms with Crippen LogP contribution in [-0.2, 0) is 0 Å². The van der Waals surface area contributed by atoms with E-state index in [1.807, 2.05) is 30.3 Å². The van der Waals surface area contributed by atoms with Gasteiger partial charge in [-0.2, -0.15) is 0 Å². The number of nitrogens with one attached hydrogen (secondary N) is 1. The molecular formula is C16H27NO. The van der Waals surface area contributed by atoms with Gasteiger partial charge in [-0.15, -0.1) is 0 Å². The molecule has 0 fully saturated rings. The van der Waals surface area contributed by atoms with E-state index in [4.69, 9.17) is 0 Å². The smallest absolute Gasteiger partial charge is 0.0802 e. The molecule has 1 aromatic rings. The summed E-state index contributed by atoms with van der Waals surface area (Å²) in [4.78, 5) is 0. The molecule has 0 bridgehead atoms. The number of benzene rings is 1. The molecule has 0 radical (unpaired) electrons. The molecule has 1 rings (SSSR count). The predicted molar refractivity (Wildman–Crippen MR) is 77.6 cm³/mol. The third-order valence-corrected chi connectivity index (χ3v) is 3.27. The van der Waals surface area contributed by atoms with Crippen LogP contribution in [0.4, 0.5) is 0 Å². The molecule has 2 N–H and O–H groups in total. The predicted octanol–water partition coefficient (Wildman–Crippen LogP) is 3.52. The second-order valence-electron chi connectivity index (χ2n) is 5.54. The summed E-state index contributed by atoms with van der Waals surface area (Å²) in [6, 6.07) is 10.4. The number of rotatable bonds is 8. The Morgan fingerprint density at radius 2 is 1.67 bits per heavy atom. The van der Waals surface area contributed by atoms with E-state index in [0.29, 0.717) is 6.04 Å². The van der Waals surface area contributed by atoms with Crippen molar-refractivity contribution in [1.29, 1.82) is 0 Å². The van der Waals surface area contributed by atoms with Gasteiger partial charge in [0.05, 0.1) is 6.10 Å². The Labute approximate surface area is 111 Å². The lowest BCUT2D eigenvalue weighted by atomic mass is 10.0. The largest absolute Gasteiger partial charge is 0.388 e. The van der Waals surface area contributed by atoms with Crippen LogP contribution in [0.3, 0.4) is 0 Å². The van der Waals surface area contributed by atoms with Crippen molar-refractivity contribution in [2.45, 2.75) is 52.2 Å². The monoisotopic (exact) mass is 249 g/mol. The molecule has 0 aromatic heterocycles. The number of hydrogen-bond donors (Lipinski definition) is 2. The van der Waals surface area contributed by atoms with Crippen LogP contribution in [0.25, 0.3) is 0 Å². The van der Waals surface area contributed by atoms with Gasteiger partial charge >= 0.3 is 0 Å². The number of aliphatic hydroxyl groups is 1. The quantitative estimate of drug-likeness (QED) is 0.739. The van der Waals surface area contributed by atoms with Gasteiger partial charge in [0.1, 0.15) is 0 Å². The maximum absolute atomic E-state index is 10.0. The Morgan fingerprint density at radius 1 is 1.00 bits per heavy atom. The van der Waals surface area contributed by atoms with Gasteiger partial charge in [0.2, 0.25) is 0 Å². The molecule has 2 heteroatoms. The second-order valence-corrected chi connectivity index (χ2v) is 5.54. The lowest BCUT2D eigenvalue weighted by Crippen LogP contribution is -2.28. The van der Waals surface area contributed by atoms with Gasteiger partial charge in [0.15, 0.2) is 0 Å². The minimum Gasteiger partial charge on any atom is -0.388 e. The zero-order valence-corrected chi connectivity index (χ0v) is 11.9. The van der Waals surface area contributed by atoms with Gasteiger partial charge in [-0.1, -0.05) is 44.2 Å². The molecular weight excluding hydrogens is 222 g/mol. The molecule has 0 spiro atoms. The van der Waals surface area contributed by atoms with Crippen LogP contribution in [-0.4, -0.2) is 17.7 Å². The maximum Gasteiger partial charge on any atom is 0.0802 e. The van der Waals surface area contributed by atoms with Crippen LogP contribution in [0.2, 0.25) is 0 Å². The average molecular weight is 249 g/mol. The van der Waals surface area contributed by atoms with E-state index < -0.39 is 0 Å². The number of aliphatic hydroxyl groups excluding tert-OH is 1. The molecule has 0 saturated heterocycles. The lowest BCUT2D eigenvalue weighted by molar-refractivity contribution is 0.165. The molecule has 2 nitrogen and oxygen atoms in total. The summed E-state index contributed by atoms with van der Waals surface area (Å²) < 4.78 is 0. The van der Waals surface area contributed by atoms with E-state index in [0.717, 1.165) is 24.4 Å². The van der Waals surface area contributed by atoms with Gasteiger partial charge in [-0.25, -0.2) is 0 Å². The summed E-state index contributed by atoms with van der Waals surface area (Å²) in [5.74, 6) is 0.768. The molecule has 0 heterocycles. The highest BCUT2D eigenvalue weighted by molar-refractivity contribution is 5.17. The lowest BCUT2D eigenvalue weighted by Gasteiger charge is -2.17. The van der Waals surface area contributed by atoms with Crippen LogP contribution >= 0.6 is 0 Å². The first-order chi connectivity index (χ1) is 8.59. The average Bonchev–Trinajstić information content (AvgIpc) is 2.37. The molecule has 2 atom stereocenters. The molecule has 1 aromatic carbocycles. The van der Waals surface area contributed by atoms with Gasteiger partial charge in [-0.05, 0) is 44.2 Å². The Bertz CT molecular complexity index is 310. The van der Waals surface area contributed by atoms with E-state index in [-0.39, 0.29) is 6.10 Å². The Kier molecular flexibility index (Phi) is 6.99. The van der Waals surface area contributed by atoms with Crippen molar-refractivity contribution in [3.8, 4) is 0 Å². The van der Waals surface area contributed by atoms with E-state index in [9.17, 15) is 5.11 Å². The van der Waals surface area contributed by atoms with Crippen molar-refractivity contribution in [1.82, 2.24) is 5.32 Å². The maximum atomic E-state index is 10.0. The molecule has 0 aliphatic carbocycles. The molecule has 0 aliphatic rings. The zero-order valence-electron chi connectivity index (χ0n) is 11.9. The van der Waals surface area contributed by atoms with Gasteiger partial charge in [0.25, 0.3) is 0 Å². The summed E-state index contributed by atoms with van der Waals surface area (Å²) in [6.45, 7) is 7.60. The fourth-order valence-electron chi connectivity index (χ4n) is 1.99. The van der Waals surface area contributed by atoms with Crippen LogP contribution in [0.5, 0.6) is 0 Å². The molecule has 0 amide bonds. The van der Waals surface area contributed by atoms with Crippen molar-refractivity contribution in [3.63, 3.8) is 0 Å². The summed E-state index contributed by atoms with van der Waals surface area (Å²) in [6.07, 6.45) is 2.89. The topological polar surface area (TPSA) is 32.3 Å². The van der Waals surface area contributed by atoms with Crippen LogP contribution < -0.4 is 5.32 Å². The van der Waals surface area contributed by atoms with E-state index in [1.165, 1.54) is 12.8 Å². The van der Waals surface area contributed by atoms with E-state index >= 15 is 0 Å². The summed E-state index contributed by atoms with van der Waals surface area (Å²) in [5.41, 5.74) is 1.01. The fourth-order valence-corrected chi connectivity index (χ4v) is 1.99. The minimum absolute atomic E-state index is 0.351. The van der Waals surface area contributed by atoms with Crippen LogP contribution in [0.1, 0.15) is 51.7 Å². The van der Waals surface area contributed by atoms with Gasteiger partial charge < -0.3 is 10.4 Å². The van der Waals surface area contributed by atoms with Crippen LogP contribution in [0, 0.1) is 5.92 Å². The standard InChI is InChI=1S/C16H27NO/c1-13(2)9-10-14(3)17-12-11-16(18)15-7-5-4-6-8-15/h4-8,13-14,16-18H,9-12H2,1-3H3/t14?,16-/m1/s1. The summed E-state index contributed by atoms with van der Waals surface area (Å²) in [7, 11) is 0. The van der Waals surface area contributed by atoms with Crippen molar-refractivity contribution < 1.29 is 5.11 Å². The normalized spacial score (nSPS) is 14.7. The molecule has 102 valence electrons. The first-order valence-corrected chi connectivity index (χ1v) is 7.06. The summed E-state index contributed by atoms with van der Waals surface area (Å²) in [5, 5.41) is 13.5. The molecule has 0 saturated carbocycles. The van der Waals surface area contributed by atoms with Crippen LogP contribution in [0.15, 0.2) is 30.3 Å². The zero-order chi connectivity index (χ0) is 13.4. The third-order valence-electron chi connectivity index (χ3n) is 3.27. The van der Waals surface area contributed by atoms with Crippen molar-refractivity contribution >= 4 is 0 Å². The Hall–Kier alpha value is -0.860. The SMILES string of the molecule is CC(C)CCC(C)NCC[C@@H](O)c1ccccc1. The molecule has 18 heavy (non-hydrogen) atoms. The third kappa shape index (κ3) is 6.18. The van der Waals surface area contributed by atoms with Gasteiger partial charge in [-0.3, -0.25) is 0 Å². The van der Waals surface area contributed by atoms with Gasteiger partial charge in [0, 0.05) is 6.04 Å². The van der Waals surface area contributed by atoms with Crippen molar-refractivity contribution in [2.24, 2.45) is 5.92 Å².